The van der Waals surface area contributed by atoms with Gasteiger partial charge in [-0.05, 0) is 67.5 Å². The number of carbonyl (C=O) groups is 2. The highest BCUT2D eigenvalue weighted by molar-refractivity contribution is 6.07. The first-order valence-electron chi connectivity index (χ1n) is 12.0. The molecule has 0 spiro atoms. The van der Waals surface area contributed by atoms with E-state index < -0.39 is 0 Å². The van der Waals surface area contributed by atoms with Gasteiger partial charge >= 0.3 is 0 Å². The van der Waals surface area contributed by atoms with Gasteiger partial charge in [0.05, 0.1) is 33.3 Å². The number of carbonyl (C=O) groups excluding carboxylic acids is 2. The van der Waals surface area contributed by atoms with E-state index >= 15 is 0 Å². The lowest BCUT2D eigenvalue weighted by Gasteiger charge is -2.43. The van der Waals surface area contributed by atoms with Crippen molar-refractivity contribution < 1.29 is 20.2 Å². The van der Waals surface area contributed by atoms with E-state index in [1.54, 1.807) is 12.1 Å². The molecule has 0 unspecified atom stereocenters. The Morgan fingerprint density at radius 2 is 0.938 bits per heavy atom. The van der Waals surface area contributed by atoms with E-state index in [1.165, 1.54) is 0 Å². The average molecular weight is 445 g/mol. The van der Waals surface area contributed by atoms with E-state index in [0.717, 1.165) is 25.7 Å². The van der Waals surface area contributed by atoms with Crippen LogP contribution in [0.1, 0.15) is 102 Å². The highest BCUT2D eigenvalue weighted by Gasteiger charge is 2.43. The van der Waals surface area contributed by atoms with Crippen molar-refractivity contribution in [3.8, 4) is 0 Å². The molecule has 2 aliphatic heterocycles. The summed E-state index contributed by atoms with van der Waals surface area (Å²) < 4.78 is 0. The summed E-state index contributed by atoms with van der Waals surface area (Å²) in [5.41, 5.74) is 1.16. The Hall–Kier alpha value is -1.92. The number of hydrogen-bond acceptors (Lipinski definition) is 2. The maximum Gasteiger partial charge on any atom is 0.252 e. The van der Waals surface area contributed by atoms with Crippen molar-refractivity contribution in [1.82, 2.24) is 10.6 Å². The van der Waals surface area contributed by atoms with Gasteiger partial charge in [0.25, 0.3) is 11.8 Å². The molecular weight excluding hydrogens is 400 g/mol. The maximum atomic E-state index is 13.3. The van der Waals surface area contributed by atoms with Gasteiger partial charge in [-0.15, -0.1) is 0 Å². The Balaban J connectivity index is 1.74. The van der Waals surface area contributed by atoms with Crippen LogP contribution in [0, 0.1) is 0 Å². The van der Waals surface area contributed by atoms with E-state index in [9.17, 15) is 9.59 Å². The first-order chi connectivity index (χ1) is 14.6. The summed E-state index contributed by atoms with van der Waals surface area (Å²) >= 11 is 0. The molecule has 1 aromatic carbocycles. The molecule has 32 heavy (non-hydrogen) atoms. The number of quaternary nitrogens is 2. The summed E-state index contributed by atoms with van der Waals surface area (Å²) in [5, 5.41) is 11.2. The average Bonchev–Trinajstić information content (AvgIpc) is 2.55. The van der Waals surface area contributed by atoms with Crippen LogP contribution in [-0.4, -0.2) is 46.1 Å². The van der Waals surface area contributed by atoms with Crippen molar-refractivity contribution in [2.75, 3.05) is 0 Å². The lowest BCUT2D eigenvalue weighted by atomic mass is 9.79. The van der Waals surface area contributed by atoms with E-state index in [1.807, 2.05) is 12.1 Å². The number of hydrogen-bond donors (Lipinski definition) is 4. The van der Waals surface area contributed by atoms with Crippen LogP contribution in [0.25, 0.3) is 0 Å². The predicted octanol–water partition coefficient (Wildman–Crippen LogP) is 1.71. The third kappa shape index (κ3) is 6.32. The number of piperidine rings is 2. The van der Waals surface area contributed by atoms with Crippen molar-refractivity contribution in [3.05, 3.63) is 35.4 Å². The number of benzene rings is 1. The number of nitrogens with one attached hydrogen (secondary N) is 2. The molecular formula is C26H44N4O2+2. The molecule has 2 fully saturated rings. The fraction of sp³-hybridized carbons (Fsp3) is 0.692. The maximum absolute atomic E-state index is 13.3. The summed E-state index contributed by atoms with van der Waals surface area (Å²) in [7, 11) is 0. The summed E-state index contributed by atoms with van der Waals surface area (Å²) in [4.78, 5) is 26.5. The highest BCUT2D eigenvalue weighted by atomic mass is 16.2. The number of amides is 2. The minimum Gasteiger partial charge on any atom is -0.349 e. The van der Waals surface area contributed by atoms with Crippen molar-refractivity contribution in [2.24, 2.45) is 0 Å². The SMILES string of the molecule is CC1(C)CC(NC(=O)c2ccccc2C(=O)NC2CC(C)(C)[NH2+]C(C)(C)C2)CC(C)(C)[NH2+]1. The van der Waals surface area contributed by atoms with Gasteiger partial charge in [-0.3, -0.25) is 9.59 Å². The smallest absolute Gasteiger partial charge is 0.252 e. The molecule has 6 heteroatoms. The molecule has 0 aromatic heterocycles. The zero-order valence-corrected chi connectivity index (χ0v) is 21.3. The Bertz CT molecular complexity index is 769. The summed E-state index contributed by atoms with van der Waals surface area (Å²) in [5.74, 6) is -0.321. The van der Waals surface area contributed by atoms with Crippen molar-refractivity contribution >= 4 is 11.8 Å². The fourth-order valence-corrected chi connectivity index (χ4v) is 6.65. The van der Waals surface area contributed by atoms with Crippen LogP contribution in [0.3, 0.4) is 0 Å². The minimum absolute atomic E-state index is 0.0637. The second-order valence-electron chi connectivity index (χ2n) is 12.9. The van der Waals surface area contributed by atoms with Gasteiger partial charge in [0.15, 0.2) is 0 Å². The highest BCUT2D eigenvalue weighted by Crippen LogP contribution is 2.24. The third-order valence-corrected chi connectivity index (χ3v) is 6.74. The van der Waals surface area contributed by atoms with Gasteiger partial charge in [0.2, 0.25) is 0 Å². The van der Waals surface area contributed by atoms with Gasteiger partial charge in [-0.2, -0.15) is 0 Å². The van der Waals surface area contributed by atoms with E-state index in [4.69, 9.17) is 0 Å². The second-order valence-corrected chi connectivity index (χ2v) is 12.9. The van der Waals surface area contributed by atoms with Crippen LogP contribution in [0.4, 0.5) is 0 Å². The molecule has 0 radical (unpaired) electrons. The van der Waals surface area contributed by atoms with Crippen LogP contribution in [-0.2, 0) is 0 Å². The normalized spacial score (nSPS) is 24.5. The standard InChI is InChI=1S/C26H42N4O2/c1-23(2)13-17(14-24(3,4)29-23)27-21(31)19-11-9-10-12-20(19)22(32)28-18-15-25(5,6)30-26(7,8)16-18/h9-12,17-18,29-30H,13-16H2,1-8H3,(H,27,31)(H,28,32)/p+2. The van der Waals surface area contributed by atoms with Gasteiger partial charge in [-0.1, -0.05) is 12.1 Å². The van der Waals surface area contributed by atoms with Gasteiger partial charge < -0.3 is 21.3 Å². The Morgan fingerprint density at radius 3 is 1.22 bits per heavy atom. The molecule has 6 nitrogen and oxygen atoms in total. The lowest BCUT2D eigenvalue weighted by molar-refractivity contribution is -0.788. The van der Waals surface area contributed by atoms with Crippen LogP contribution in [0.15, 0.2) is 24.3 Å². The van der Waals surface area contributed by atoms with Crippen LogP contribution in [0.2, 0.25) is 0 Å². The van der Waals surface area contributed by atoms with Crippen LogP contribution in [0.5, 0.6) is 0 Å². The van der Waals surface area contributed by atoms with E-state index in [2.05, 4.69) is 76.7 Å². The largest absolute Gasteiger partial charge is 0.349 e. The minimum atomic E-state index is -0.160. The quantitative estimate of drug-likeness (QED) is 0.569. The predicted molar refractivity (Wildman–Crippen MR) is 128 cm³/mol. The molecule has 6 N–H and O–H groups in total. The summed E-state index contributed by atoms with van der Waals surface area (Å²) in [6.07, 6.45) is 3.61. The summed E-state index contributed by atoms with van der Waals surface area (Å²) in [6, 6.07) is 7.36. The Morgan fingerprint density at radius 1 is 0.656 bits per heavy atom. The van der Waals surface area contributed by atoms with E-state index in [-0.39, 0.29) is 46.1 Å². The molecule has 0 atom stereocenters. The second kappa shape index (κ2) is 8.45. The van der Waals surface area contributed by atoms with Gasteiger partial charge in [0, 0.05) is 37.8 Å². The lowest BCUT2D eigenvalue weighted by Crippen LogP contribution is -3.06. The number of rotatable bonds is 4. The van der Waals surface area contributed by atoms with Gasteiger partial charge in [-0.25, -0.2) is 0 Å². The topological polar surface area (TPSA) is 91.4 Å². The van der Waals surface area contributed by atoms with Gasteiger partial charge in [0.1, 0.15) is 0 Å². The zero-order valence-electron chi connectivity index (χ0n) is 21.3. The van der Waals surface area contributed by atoms with Crippen molar-refractivity contribution in [2.45, 2.75) is 115 Å². The van der Waals surface area contributed by atoms with Crippen molar-refractivity contribution in [1.29, 1.82) is 0 Å². The Kier molecular flexibility index (Phi) is 6.53. The third-order valence-electron chi connectivity index (χ3n) is 6.74. The van der Waals surface area contributed by atoms with Crippen molar-refractivity contribution in [3.63, 3.8) is 0 Å². The van der Waals surface area contributed by atoms with E-state index in [0.29, 0.717) is 11.1 Å². The summed E-state index contributed by atoms with van der Waals surface area (Å²) in [6.45, 7) is 17.8. The Labute approximate surface area is 193 Å². The molecule has 2 heterocycles. The molecule has 3 rings (SSSR count). The zero-order chi connectivity index (χ0) is 23.9. The molecule has 1 aromatic rings. The first-order valence-corrected chi connectivity index (χ1v) is 12.0. The monoisotopic (exact) mass is 444 g/mol. The van der Waals surface area contributed by atoms with Crippen LogP contribution < -0.4 is 21.3 Å². The number of nitrogens with two attached hydrogens (primary N) is 2. The fourth-order valence-electron chi connectivity index (χ4n) is 6.65. The molecule has 0 aliphatic carbocycles. The molecule has 2 saturated heterocycles. The molecule has 0 bridgehead atoms. The molecule has 178 valence electrons. The molecule has 0 saturated carbocycles. The van der Waals surface area contributed by atoms with Crippen LogP contribution >= 0.6 is 0 Å². The molecule has 2 aliphatic rings. The molecule has 2 amide bonds. The first kappa shape index (κ1) is 24.7.